The van der Waals surface area contributed by atoms with Crippen molar-refractivity contribution in [1.29, 1.82) is 0 Å². The van der Waals surface area contributed by atoms with Gasteiger partial charge in [-0.25, -0.2) is 0 Å². The summed E-state index contributed by atoms with van der Waals surface area (Å²) >= 11 is 0. The molecule has 0 aromatic heterocycles. The maximum absolute atomic E-state index is 10.9. The van der Waals surface area contributed by atoms with Crippen LogP contribution in [0.1, 0.15) is 5.56 Å². The summed E-state index contributed by atoms with van der Waals surface area (Å²) in [4.78, 5) is 10.9. The molecule has 0 aliphatic carbocycles. The highest BCUT2D eigenvalue weighted by molar-refractivity contribution is 5.78. The van der Waals surface area contributed by atoms with Crippen molar-refractivity contribution in [3.63, 3.8) is 0 Å². The second-order valence-electron chi connectivity index (χ2n) is 4.22. The predicted molar refractivity (Wildman–Crippen MR) is 73.0 cm³/mol. The van der Waals surface area contributed by atoms with Crippen LogP contribution in [-0.4, -0.2) is 18.1 Å². The number of phenolic OH excluding ortho intramolecular Hbond substituents is 1. The van der Waals surface area contributed by atoms with E-state index in [2.05, 4.69) is 0 Å². The van der Waals surface area contributed by atoms with Gasteiger partial charge in [-0.15, -0.1) is 0 Å². The summed E-state index contributed by atoms with van der Waals surface area (Å²) in [5.41, 5.74) is 7.46. The molecule has 0 heterocycles. The number of hydrogen-bond donors (Lipinski definition) is 2. The van der Waals surface area contributed by atoms with E-state index >= 15 is 0 Å². The summed E-state index contributed by atoms with van der Waals surface area (Å²) in [5.74, 6) is 0.515. The largest absolute Gasteiger partial charge is 0.507 e. The van der Waals surface area contributed by atoms with E-state index in [0.717, 1.165) is 16.9 Å². The maximum atomic E-state index is 10.9. The molecule has 3 N–H and O–H groups in total. The zero-order valence-corrected chi connectivity index (χ0v) is 10.6. The first kappa shape index (κ1) is 13.0. The highest BCUT2D eigenvalue weighted by Gasteiger charge is 2.07. The van der Waals surface area contributed by atoms with Crippen LogP contribution < -0.4 is 10.5 Å². The van der Waals surface area contributed by atoms with E-state index in [1.54, 1.807) is 25.3 Å². The Hall–Kier alpha value is -2.49. The zero-order valence-electron chi connectivity index (χ0n) is 10.6. The van der Waals surface area contributed by atoms with Crippen LogP contribution in [0.4, 0.5) is 0 Å². The van der Waals surface area contributed by atoms with Gasteiger partial charge in [0.1, 0.15) is 11.5 Å². The quantitative estimate of drug-likeness (QED) is 0.881. The second-order valence-corrected chi connectivity index (χ2v) is 4.22. The first-order valence-electron chi connectivity index (χ1n) is 5.85. The van der Waals surface area contributed by atoms with Crippen LogP contribution in [0.5, 0.6) is 11.5 Å². The number of amides is 1. The molecule has 19 heavy (non-hydrogen) atoms. The minimum Gasteiger partial charge on any atom is -0.507 e. The molecule has 2 aromatic rings. The molecule has 0 fully saturated rings. The molecule has 1 amide bonds. The van der Waals surface area contributed by atoms with Gasteiger partial charge in [0.05, 0.1) is 13.5 Å². The number of carbonyl (C=O) groups excluding carboxylic acids is 1. The molecule has 0 saturated carbocycles. The van der Waals surface area contributed by atoms with Crippen LogP contribution in [0, 0.1) is 0 Å². The van der Waals surface area contributed by atoms with Crippen molar-refractivity contribution < 1.29 is 14.6 Å². The van der Waals surface area contributed by atoms with Crippen LogP contribution in [0.15, 0.2) is 42.5 Å². The summed E-state index contributed by atoms with van der Waals surface area (Å²) < 4.78 is 5.09. The molecule has 0 saturated heterocycles. The maximum Gasteiger partial charge on any atom is 0.221 e. The van der Waals surface area contributed by atoms with Gasteiger partial charge in [-0.1, -0.05) is 18.2 Å². The van der Waals surface area contributed by atoms with Crippen molar-refractivity contribution in [2.75, 3.05) is 7.11 Å². The van der Waals surface area contributed by atoms with Crippen molar-refractivity contribution in [2.24, 2.45) is 5.73 Å². The lowest BCUT2D eigenvalue weighted by molar-refractivity contribution is -0.117. The molecule has 98 valence electrons. The fourth-order valence-electron chi connectivity index (χ4n) is 1.90. The third-order valence-electron chi connectivity index (χ3n) is 2.84. The molecule has 2 aromatic carbocycles. The standard InChI is InChI=1S/C15H15NO3/c1-19-12-5-3-11(4-6-12)13-8-10(9-15(16)18)2-7-14(13)17/h2-8,17H,9H2,1H3,(H2,16,18). The van der Waals surface area contributed by atoms with Gasteiger partial charge in [0.15, 0.2) is 0 Å². The lowest BCUT2D eigenvalue weighted by Gasteiger charge is -2.08. The molecule has 0 atom stereocenters. The van der Waals surface area contributed by atoms with E-state index in [9.17, 15) is 9.90 Å². The molecule has 0 aliphatic rings. The molecule has 0 bridgehead atoms. The van der Waals surface area contributed by atoms with Crippen molar-refractivity contribution >= 4 is 5.91 Å². The van der Waals surface area contributed by atoms with Crippen molar-refractivity contribution in [3.05, 3.63) is 48.0 Å². The van der Waals surface area contributed by atoms with Crippen LogP contribution in [-0.2, 0) is 11.2 Å². The number of phenols is 1. The number of methoxy groups -OCH3 is 1. The minimum atomic E-state index is -0.397. The summed E-state index contributed by atoms with van der Waals surface area (Å²) in [5, 5.41) is 9.90. The van der Waals surface area contributed by atoms with Gasteiger partial charge in [0, 0.05) is 5.56 Å². The Balaban J connectivity index is 2.39. The van der Waals surface area contributed by atoms with Crippen LogP contribution in [0.2, 0.25) is 0 Å². The van der Waals surface area contributed by atoms with E-state index in [1.807, 2.05) is 24.3 Å². The number of hydrogen-bond acceptors (Lipinski definition) is 3. The fourth-order valence-corrected chi connectivity index (χ4v) is 1.90. The van der Waals surface area contributed by atoms with Crippen LogP contribution >= 0.6 is 0 Å². The molecule has 0 unspecified atom stereocenters. The third kappa shape index (κ3) is 3.04. The molecule has 4 nitrogen and oxygen atoms in total. The minimum absolute atomic E-state index is 0.156. The smallest absolute Gasteiger partial charge is 0.221 e. The van der Waals surface area contributed by atoms with Gasteiger partial charge >= 0.3 is 0 Å². The molecule has 4 heteroatoms. The van der Waals surface area contributed by atoms with Gasteiger partial charge in [0.25, 0.3) is 0 Å². The van der Waals surface area contributed by atoms with Gasteiger partial charge in [-0.05, 0) is 35.4 Å². The van der Waals surface area contributed by atoms with E-state index in [-0.39, 0.29) is 12.2 Å². The molecule has 2 rings (SSSR count). The van der Waals surface area contributed by atoms with Gasteiger partial charge in [-0.3, -0.25) is 4.79 Å². The molecule has 0 spiro atoms. The molecular weight excluding hydrogens is 242 g/mol. The Bertz CT molecular complexity index is 591. The molecule has 0 radical (unpaired) electrons. The Morgan fingerprint density at radius 1 is 1.21 bits per heavy atom. The van der Waals surface area contributed by atoms with E-state index in [1.165, 1.54) is 0 Å². The number of primary amides is 1. The number of rotatable bonds is 4. The highest BCUT2D eigenvalue weighted by Crippen LogP contribution is 2.31. The lowest BCUT2D eigenvalue weighted by Crippen LogP contribution is -2.13. The summed E-state index contributed by atoms with van der Waals surface area (Å²) in [7, 11) is 1.60. The Labute approximate surface area is 111 Å². The summed E-state index contributed by atoms with van der Waals surface area (Å²) in [6.07, 6.45) is 0.156. The topological polar surface area (TPSA) is 72.5 Å². The SMILES string of the molecule is COc1ccc(-c2cc(CC(N)=O)ccc2O)cc1. The number of benzene rings is 2. The van der Waals surface area contributed by atoms with Gasteiger partial charge in [0.2, 0.25) is 5.91 Å². The van der Waals surface area contributed by atoms with Gasteiger partial charge in [-0.2, -0.15) is 0 Å². The zero-order chi connectivity index (χ0) is 13.8. The second kappa shape index (κ2) is 5.44. The average Bonchev–Trinajstić information content (AvgIpc) is 2.40. The summed E-state index contributed by atoms with van der Waals surface area (Å²) in [6.45, 7) is 0. The van der Waals surface area contributed by atoms with Crippen molar-refractivity contribution in [2.45, 2.75) is 6.42 Å². The van der Waals surface area contributed by atoms with Gasteiger partial charge < -0.3 is 15.6 Å². The highest BCUT2D eigenvalue weighted by atomic mass is 16.5. The first-order chi connectivity index (χ1) is 9.10. The predicted octanol–water partition coefficient (Wildman–Crippen LogP) is 2.10. The lowest BCUT2D eigenvalue weighted by atomic mass is 10.0. The molecular formula is C15H15NO3. The van der Waals surface area contributed by atoms with Crippen molar-refractivity contribution in [3.8, 4) is 22.6 Å². The summed E-state index contributed by atoms with van der Waals surface area (Å²) in [6, 6.07) is 12.3. The van der Waals surface area contributed by atoms with E-state index in [0.29, 0.717) is 5.56 Å². The van der Waals surface area contributed by atoms with Crippen molar-refractivity contribution in [1.82, 2.24) is 0 Å². The number of ether oxygens (including phenoxy) is 1. The Morgan fingerprint density at radius 2 is 1.89 bits per heavy atom. The number of aromatic hydroxyl groups is 1. The van der Waals surface area contributed by atoms with Crippen LogP contribution in [0.25, 0.3) is 11.1 Å². The van der Waals surface area contributed by atoms with E-state index in [4.69, 9.17) is 10.5 Å². The fraction of sp³-hybridized carbons (Fsp3) is 0.133. The number of carbonyl (C=O) groups is 1. The van der Waals surface area contributed by atoms with Crippen LogP contribution in [0.3, 0.4) is 0 Å². The number of nitrogens with two attached hydrogens (primary N) is 1. The third-order valence-corrected chi connectivity index (χ3v) is 2.84. The Morgan fingerprint density at radius 3 is 2.47 bits per heavy atom. The molecule has 0 aliphatic heterocycles. The average molecular weight is 257 g/mol. The normalized spacial score (nSPS) is 10.2. The van der Waals surface area contributed by atoms with E-state index < -0.39 is 5.91 Å². The monoisotopic (exact) mass is 257 g/mol. The Kier molecular flexibility index (Phi) is 3.71. The first-order valence-corrected chi connectivity index (χ1v) is 5.85.